The van der Waals surface area contributed by atoms with Crippen molar-refractivity contribution < 1.29 is 24.0 Å². The van der Waals surface area contributed by atoms with E-state index in [9.17, 15) is 14.4 Å². The molecule has 10 heteroatoms. The van der Waals surface area contributed by atoms with E-state index in [1.807, 2.05) is 45.0 Å². The molecule has 1 aliphatic heterocycles. The average Bonchev–Trinajstić information content (AvgIpc) is 2.93. The maximum atomic E-state index is 13.8. The van der Waals surface area contributed by atoms with Gasteiger partial charge in [0, 0.05) is 24.2 Å². The van der Waals surface area contributed by atoms with E-state index in [1.165, 1.54) is 5.06 Å². The Kier molecular flexibility index (Phi) is 11.9. The first-order valence-corrected chi connectivity index (χ1v) is 14.2. The van der Waals surface area contributed by atoms with Crippen LogP contribution >= 0.6 is 11.6 Å². The van der Waals surface area contributed by atoms with Gasteiger partial charge < -0.3 is 15.4 Å². The molecule has 2 heterocycles. The smallest absolute Gasteiger partial charge is 0.247 e. The first-order chi connectivity index (χ1) is 19.1. The van der Waals surface area contributed by atoms with Crippen LogP contribution in [-0.2, 0) is 30.4 Å². The molecule has 0 saturated carbocycles. The van der Waals surface area contributed by atoms with Gasteiger partial charge in [0.15, 0.2) is 6.29 Å². The number of amides is 3. The number of aromatic nitrogens is 1. The van der Waals surface area contributed by atoms with Crippen LogP contribution in [0.3, 0.4) is 0 Å². The number of nitrogens with one attached hydrogen (secondary N) is 2. The molecule has 0 aliphatic carbocycles. The Bertz CT molecular complexity index is 1090. The zero-order valence-electron chi connectivity index (χ0n) is 23.8. The standard InChI is InChI=1S/C30H41ClN4O5/c1-21(35(20-36)40-26-12-5-6-18-39-26)25(11-7-9-22-13-15-23(31)16-14-22)28(37)34-27(30(2,3)4)29(38)33-24-10-8-17-32-19-24/h8,10,13-17,19-21,25-27H,5-7,9,11-12,18H2,1-4H3,(H,33,38)(H,34,37)/t21?,25?,26-,27+/m0/s1. The molecule has 218 valence electrons. The second-order valence-corrected chi connectivity index (χ2v) is 11.7. The highest BCUT2D eigenvalue weighted by molar-refractivity contribution is 6.30. The van der Waals surface area contributed by atoms with Crippen molar-refractivity contribution in [2.24, 2.45) is 11.3 Å². The quantitative estimate of drug-likeness (QED) is 0.254. The van der Waals surface area contributed by atoms with Crippen molar-refractivity contribution in [1.29, 1.82) is 0 Å². The van der Waals surface area contributed by atoms with E-state index in [2.05, 4.69) is 15.6 Å². The number of halogens is 1. The highest BCUT2D eigenvalue weighted by Gasteiger charge is 2.37. The maximum absolute atomic E-state index is 13.8. The van der Waals surface area contributed by atoms with Crippen molar-refractivity contribution in [2.45, 2.75) is 84.6 Å². The van der Waals surface area contributed by atoms with Crippen LogP contribution in [0, 0.1) is 11.3 Å². The molecule has 1 fully saturated rings. The number of aryl methyl sites for hydroxylation is 1. The third kappa shape index (κ3) is 9.57. The first kappa shape index (κ1) is 31.5. The number of anilines is 1. The lowest BCUT2D eigenvalue weighted by molar-refractivity contribution is -0.287. The highest BCUT2D eigenvalue weighted by Crippen LogP contribution is 2.25. The van der Waals surface area contributed by atoms with Crippen molar-refractivity contribution >= 4 is 35.5 Å². The number of hydroxylamine groups is 2. The molecule has 40 heavy (non-hydrogen) atoms. The Labute approximate surface area is 241 Å². The van der Waals surface area contributed by atoms with Crippen molar-refractivity contribution in [3.8, 4) is 0 Å². The van der Waals surface area contributed by atoms with E-state index in [0.717, 1.165) is 24.8 Å². The van der Waals surface area contributed by atoms with Crippen molar-refractivity contribution in [3.63, 3.8) is 0 Å². The van der Waals surface area contributed by atoms with Crippen molar-refractivity contribution in [3.05, 3.63) is 59.4 Å². The molecule has 1 saturated heterocycles. The summed E-state index contributed by atoms with van der Waals surface area (Å²) in [7, 11) is 0. The summed E-state index contributed by atoms with van der Waals surface area (Å²) in [5.41, 5.74) is 1.05. The molecule has 1 aromatic carbocycles. The predicted octanol–water partition coefficient (Wildman–Crippen LogP) is 5.15. The minimum Gasteiger partial charge on any atom is -0.350 e. The molecule has 9 nitrogen and oxygen atoms in total. The number of benzene rings is 1. The van der Waals surface area contributed by atoms with Crippen LogP contribution < -0.4 is 10.6 Å². The fourth-order valence-electron chi connectivity index (χ4n) is 4.67. The predicted molar refractivity (Wildman–Crippen MR) is 154 cm³/mol. The molecule has 4 atom stereocenters. The monoisotopic (exact) mass is 572 g/mol. The van der Waals surface area contributed by atoms with Gasteiger partial charge in [0.2, 0.25) is 18.2 Å². The van der Waals surface area contributed by atoms with Gasteiger partial charge >= 0.3 is 0 Å². The molecule has 1 aliphatic rings. The van der Waals surface area contributed by atoms with Gasteiger partial charge in [-0.1, -0.05) is 44.5 Å². The first-order valence-electron chi connectivity index (χ1n) is 13.9. The number of carbonyl (C=O) groups excluding carboxylic acids is 3. The summed E-state index contributed by atoms with van der Waals surface area (Å²) in [5.74, 6) is -1.32. The van der Waals surface area contributed by atoms with E-state index in [4.69, 9.17) is 21.2 Å². The summed E-state index contributed by atoms with van der Waals surface area (Å²) in [6.07, 6.45) is 7.66. The van der Waals surface area contributed by atoms with Crippen LogP contribution in [-0.4, -0.2) is 53.3 Å². The van der Waals surface area contributed by atoms with Crippen molar-refractivity contribution in [2.75, 3.05) is 11.9 Å². The van der Waals surface area contributed by atoms with Gasteiger partial charge in [-0.3, -0.25) is 19.4 Å². The Morgan fingerprint density at radius 2 is 1.95 bits per heavy atom. The molecule has 2 aromatic rings. The van der Waals surface area contributed by atoms with Crippen LogP contribution in [0.25, 0.3) is 0 Å². The van der Waals surface area contributed by atoms with E-state index >= 15 is 0 Å². The third-order valence-electron chi connectivity index (χ3n) is 7.04. The van der Waals surface area contributed by atoms with E-state index < -0.39 is 29.7 Å². The van der Waals surface area contributed by atoms with Gasteiger partial charge in [-0.25, -0.2) is 9.90 Å². The molecule has 0 bridgehead atoms. The number of hydrogen-bond acceptors (Lipinski definition) is 6. The molecular formula is C30H41ClN4O5. The molecule has 1 aromatic heterocycles. The Balaban J connectivity index is 1.77. The van der Waals surface area contributed by atoms with Crippen LogP contribution in [0.1, 0.15) is 65.4 Å². The second kappa shape index (κ2) is 15.1. The molecule has 0 spiro atoms. The maximum Gasteiger partial charge on any atom is 0.247 e. The lowest BCUT2D eigenvalue weighted by atomic mass is 9.84. The summed E-state index contributed by atoms with van der Waals surface area (Å²) in [4.78, 5) is 49.2. The minimum atomic E-state index is -0.835. The second-order valence-electron chi connectivity index (χ2n) is 11.3. The van der Waals surface area contributed by atoms with Gasteiger partial charge in [-0.2, -0.15) is 0 Å². The van der Waals surface area contributed by atoms with Gasteiger partial charge in [-0.05, 0) is 74.3 Å². The lowest BCUT2D eigenvalue weighted by Gasteiger charge is -2.36. The zero-order chi connectivity index (χ0) is 29.1. The summed E-state index contributed by atoms with van der Waals surface area (Å²) in [6.45, 7) is 8.02. The summed E-state index contributed by atoms with van der Waals surface area (Å²) < 4.78 is 5.65. The van der Waals surface area contributed by atoms with E-state index in [1.54, 1.807) is 31.5 Å². The van der Waals surface area contributed by atoms with Gasteiger partial charge in [-0.15, -0.1) is 0 Å². The largest absolute Gasteiger partial charge is 0.350 e. The van der Waals surface area contributed by atoms with E-state index in [-0.39, 0.29) is 11.8 Å². The Hall–Kier alpha value is -3.01. The molecule has 3 amide bonds. The number of rotatable bonds is 13. The van der Waals surface area contributed by atoms with Crippen LogP contribution in [0.15, 0.2) is 48.8 Å². The molecular weight excluding hydrogens is 532 g/mol. The summed E-state index contributed by atoms with van der Waals surface area (Å²) in [5, 5.41) is 7.67. The number of pyridine rings is 1. The van der Waals surface area contributed by atoms with Gasteiger partial charge in [0.1, 0.15) is 6.04 Å². The fraction of sp³-hybridized carbons (Fsp3) is 0.533. The highest BCUT2D eigenvalue weighted by atomic mass is 35.5. The SMILES string of the molecule is CC(C(CCCc1ccc(Cl)cc1)C(=O)N[C@H](C(=O)Nc1cccnc1)C(C)(C)C)N(C=O)O[C@H]1CCCCO1. The molecule has 0 radical (unpaired) electrons. The van der Waals surface area contributed by atoms with Crippen LogP contribution in [0.4, 0.5) is 5.69 Å². The average molecular weight is 573 g/mol. The van der Waals surface area contributed by atoms with Crippen LogP contribution in [0.5, 0.6) is 0 Å². The topological polar surface area (TPSA) is 110 Å². The molecule has 3 rings (SSSR count). The number of carbonyl (C=O) groups is 3. The van der Waals surface area contributed by atoms with Crippen LogP contribution in [0.2, 0.25) is 5.02 Å². The lowest BCUT2D eigenvalue weighted by Crippen LogP contribution is -2.55. The zero-order valence-corrected chi connectivity index (χ0v) is 24.5. The Morgan fingerprint density at radius 1 is 1.20 bits per heavy atom. The van der Waals surface area contributed by atoms with Gasteiger partial charge in [0.25, 0.3) is 0 Å². The number of ether oxygens (including phenoxy) is 1. The Morgan fingerprint density at radius 3 is 2.55 bits per heavy atom. The van der Waals surface area contributed by atoms with Gasteiger partial charge in [0.05, 0.1) is 23.8 Å². The molecule has 2 N–H and O–H groups in total. The third-order valence-corrected chi connectivity index (χ3v) is 7.29. The number of nitrogens with zero attached hydrogens (tertiary/aromatic N) is 2. The van der Waals surface area contributed by atoms with E-state index in [0.29, 0.717) is 43.0 Å². The normalized spacial score (nSPS) is 17.8. The number of hydrogen-bond donors (Lipinski definition) is 2. The van der Waals surface area contributed by atoms with Crippen molar-refractivity contribution in [1.82, 2.24) is 15.4 Å². The summed E-state index contributed by atoms with van der Waals surface area (Å²) in [6, 6.07) is 9.62. The molecule has 2 unspecified atom stereocenters. The summed E-state index contributed by atoms with van der Waals surface area (Å²) >= 11 is 6.02. The minimum absolute atomic E-state index is 0.329. The fourth-order valence-corrected chi connectivity index (χ4v) is 4.79.